The zero-order valence-electron chi connectivity index (χ0n) is 16.2. The van der Waals surface area contributed by atoms with Crippen LogP contribution in [0.15, 0.2) is 16.9 Å². The van der Waals surface area contributed by atoms with Gasteiger partial charge in [0.05, 0.1) is 24.8 Å². The fraction of sp³-hybridized carbons (Fsp3) is 0.600. The van der Waals surface area contributed by atoms with Gasteiger partial charge in [0.2, 0.25) is 5.95 Å². The number of halogens is 1. The third-order valence-corrected chi connectivity index (χ3v) is 6.19. The number of morpholine rings is 1. The first kappa shape index (κ1) is 18.8. The minimum Gasteiger partial charge on any atom is -0.492 e. The fourth-order valence-corrected chi connectivity index (χ4v) is 4.65. The fourth-order valence-electron chi connectivity index (χ4n) is 4.65. The zero-order valence-corrected chi connectivity index (χ0v) is 16.2. The molecule has 1 aromatic carbocycles. The van der Waals surface area contributed by atoms with Gasteiger partial charge in [-0.2, -0.15) is 0 Å². The summed E-state index contributed by atoms with van der Waals surface area (Å²) < 4.78 is 25.6. The molecule has 2 aliphatic heterocycles. The topological polar surface area (TPSA) is 90.9 Å². The Morgan fingerprint density at radius 1 is 1.31 bits per heavy atom. The maximum atomic E-state index is 14.5. The molecule has 29 heavy (non-hydrogen) atoms. The molecule has 1 aliphatic carbocycles. The van der Waals surface area contributed by atoms with E-state index in [2.05, 4.69) is 14.9 Å². The van der Waals surface area contributed by atoms with Crippen LogP contribution < -0.4 is 15.2 Å². The molecule has 9 heteroatoms. The van der Waals surface area contributed by atoms with E-state index in [0.29, 0.717) is 23.8 Å². The standard InChI is InChI=1S/C20H25FN4O4/c21-15-7-14(29-6-3-24-1-4-28-5-2-24)8-16-17(15)18(27)23-19(22-16)25-11-20(12-25)9-13(26)10-20/h7-8,13,26H,1-6,9-12H2,(H,22,23,27). The third kappa shape index (κ3) is 3.58. The van der Waals surface area contributed by atoms with Crippen LogP contribution in [0.4, 0.5) is 10.3 Å². The van der Waals surface area contributed by atoms with E-state index in [1.54, 1.807) is 6.07 Å². The number of fused-ring (bicyclic) bond motifs is 1. The van der Waals surface area contributed by atoms with Gasteiger partial charge in [0.15, 0.2) is 0 Å². The van der Waals surface area contributed by atoms with E-state index in [0.717, 1.165) is 58.8 Å². The molecule has 5 rings (SSSR count). The highest BCUT2D eigenvalue weighted by Crippen LogP contribution is 2.48. The normalized spacial score (nSPS) is 21.9. The number of hydrogen-bond donors (Lipinski definition) is 2. The number of aliphatic hydroxyl groups is 1. The summed E-state index contributed by atoms with van der Waals surface area (Å²) in [6.45, 7) is 5.83. The number of H-pyrrole nitrogens is 1. The molecule has 2 N–H and O–H groups in total. The highest BCUT2D eigenvalue weighted by molar-refractivity contribution is 5.81. The van der Waals surface area contributed by atoms with Crippen LogP contribution in [0.5, 0.6) is 5.75 Å². The van der Waals surface area contributed by atoms with Crippen LogP contribution in [0.1, 0.15) is 12.8 Å². The van der Waals surface area contributed by atoms with Crippen LogP contribution in [0.25, 0.3) is 10.9 Å². The van der Waals surface area contributed by atoms with Crippen LogP contribution in [0, 0.1) is 11.2 Å². The second kappa shape index (κ2) is 7.23. The van der Waals surface area contributed by atoms with Gasteiger partial charge in [0.1, 0.15) is 23.6 Å². The quantitative estimate of drug-likeness (QED) is 0.759. The largest absolute Gasteiger partial charge is 0.492 e. The van der Waals surface area contributed by atoms with E-state index in [1.807, 2.05) is 4.90 Å². The summed E-state index contributed by atoms with van der Waals surface area (Å²) in [7, 11) is 0. The van der Waals surface area contributed by atoms with Crippen molar-refractivity contribution in [1.29, 1.82) is 0 Å². The van der Waals surface area contributed by atoms with Gasteiger partial charge < -0.3 is 19.5 Å². The lowest BCUT2D eigenvalue weighted by molar-refractivity contribution is -0.0497. The molecule has 1 saturated carbocycles. The minimum absolute atomic E-state index is 0.0522. The lowest BCUT2D eigenvalue weighted by atomic mass is 9.62. The molecule has 1 aromatic heterocycles. The highest BCUT2D eigenvalue weighted by atomic mass is 19.1. The van der Waals surface area contributed by atoms with E-state index in [9.17, 15) is 14.3 Å². The lowest BCUT2D eigenvalue weighted by Crippen LogP contribution is -2.64. The summed E-state index contributed by atoms with van der Waals surface area (Å²) in [6, 6.07) is 2.87. The van der Waals surface area contributed by atoms with Gasteiger partial charge in [-0.1, -0.05) is 0 Å². The number of anilines is 1. The van der Waals surface area contributed by atoms with E-state index in [1.165, 1.54) is 6.07 Å². The number of nitrogens with zero attached hydrogens (tertiary/aromatic N) is 3. The SMILES string of the molecule is O=c1[nH]c(N2CC3(CC(O)C3)C2)nc2cc(OCCN3CCOCC3)cc(F)c12. The summed E-state index contributed by atoms with van der Waals surface area (Å²) in [5.74, 6) is 0.181. The van der Waals surface area contributed by atoms with Gasteiger partial charge in [-0.15, -0.1) is 0 Å². The first-order valence-electron chi connectivity index (χ1n) is 10.1. The van der Waals surface area contributed by atoms with Gasteiger partial charge in [0, 0.05) is 50.3 Å². The van der Waals surface area contributed by atoms with Crippen LogP contribution in [0.2, 0.25) is 0 Å². The summed E-state index contributed by atoms with van der Waals surface area (Å²) in [6.07, 6.45) is 1.36. The number of aliphatic hydroxyl groups excluding tert-OH is 1. The number of ether oxygens (including phenoxy) is 2. The second-order valence-corrected chi connectivity index (χ2v) is 8.41. The molecule has 3 heterocycles. The van der Waals surface area contributed by atoms with Gasteiger partial charge in [-0.05, 0) is 12.8 Å². The maximum Gasteiger partial charge on any atom is 0.263 e. The molecule has 156 valence electrons. The van der Waals surface area contributed by atoms with Crippen molar-refractivity contribution in [2.24, 2.45) is 5.41 Å². The molecule has 0 bridgehead atoms. The average molecular weight is 404 g/mol. The van der Waals surface area contributed by atoms with Gasteiger partial charge in [-0.25, -0.2) is 9.37 Å². The monoisotopic (exact) mass is 404 g/mol. The summed E-state index contributed by atoms with van der Waals surface area (Å²) in [4.78, 5) is 23.8. The van der Waals surface area contributed by atoms with Crippen molar-refractivity contribution in [3.63, 3.8) is 0 Å². The van der Waals surface area contributed by atoms with Crippen molar-refractivity contribution >= 4 is 16.9 Å². The van der Waals surface area contributed by atoms with Gasteiger partial charge in [-0.3, -0.25) is 14.7 Å². The summed E-state index contributed by atoms with van der Waals surface area (Å²) in [5, 5.41) is 9.50. The van der Waals surface area contributed by atoms with Crippen molar-refractivity contribution in [1.82, 2.24) is 14.9 Å². The molecule has 0 atom stereocenters. The molecular weight excluding hydrogens is 379 g/mol. The molecule has 0 radical (unpaired) electrons. The van der Waals surface area contributed by atoms with Gasteiger partial charge >= 0.3 is 0 Å². The zero-order chi connectivity index (χ0) is 20.0. The second-order valence-electron chi connectivity index (χ2n) is 8.41. The number of aromatic amines is 1. The van der Waals surface area contributed by atoms with Crippen LogP contribution in [0.3, 0.4) is 0 Å². The molecule has 1 spiro atoms. The van der Waals surface area contributed by atoms with E-state index < -0.39 is 11.4 Å². The minimum atomic E-state index is -0.633. The molecule has 2 saturated heterocycles. The molecule has 0 amide bonds. The molecule has 8 nitrogen and oxygen atoms in total. The smallest absolute Gasteiger partial charge is 0.263 e. The van der Waals surface area contributed by atoms with Crippen LogP contribution >= 0.6 is 0 Å². The van der Waals surface area contributed by atoms with E-state index in [4.69, 9.17) is 9.47 Å². The predicted molar refractivity (Wildman–Crippen MR) is 105 cm³/mol. The molecule has 0 unspecified atom stereocenters. The highest BCUT2D eigenvalue weighted by Gasteiger charge is 2.52. The maximum absolute atomic E-state index is 14.5. The molecule has 3 aliphatic rings. The Kier molecular flexibility index (Phi) is 4.68. The summed E-state index contributed by atoms with van der Waals surface area (Å²) in [5.41, 5.74) is -0.0560. The van der Waals surface area contributed by atoms with Crippen molar-refractivity contribution in [2.45, 2.75) is 18.9 Å². The van der Waals surface area contributed by atoms with Crippen LogP contribution in [-0.2, 0) is 4.74 Å². The number of benzene rings is 1. The average Bonchev–Trinajstić information content (AvgIpc) is 2.63. The first-order valence-corrected chi connectivity index (χ1v) is 10.1. The molecule has 2 aromatic rings. The molecule has 3 fully saturated rings. The number of hydrogen-bond acceptors (Lipinski definition) is 7. The van der Waals surface area contributed by atoms with Crippen molar-refractivity contribution in [3.8, 4) is 5.75 Å². The Hall–Kier alpha value is -2.23. The van der Waals surface area contributed by atoms with Gasteiger partial charge in [0.25, 0.3) is 5.56 Å². The third-order valence-electron chi connectivity index (χ3n) is 6.19. The lowest BCUT2D eigenvalue weighted by Gasteiger charge is -2.57. The van der Waals surface area contributed by atoms with Crippen molar-refractivity contribution in [2.75, 3.05) is 57.4 Å². The Labute approximate surface area is 167 Å². The number of aromatic nitrogens is 2. The van der Waals surface area contributed by atoms with E-state index >= 15 is 0 Å². The van der Waals surface area contributed by atoms with E-state index in [-0.39, 0.29) is 16.9 Å². The van der Waals surface area contributed by atoms with Crippen LogP contribution in [-0.4, -0.2) is 78.6 Å². The Bertz CT molecular complexity index is 961. The predicted octanol–water partition coefficient (Wildman–Crippen LogP) is 0.734. The number of nitrogens with one attached hydrogen (secondary N) is 1. The number of rotatable bonds is 5. The first-order chi connectivity index (χ1) is 14.0. The Morgan fingerprint density at radius 3 is 2.79 bits per heavy atom. The van der Waals surface area contributed by atoms with Crippen molar-refractivity contribution < 1.29 is 19.0 Å². The molecular formula is C20H25FN4O4. The van der Waals surface area contributed by atoms with Crippen molar-refractivity contribution in [3.05, 3.63) is 28.3 Å². The summed E-state index contributed by atoms with van der Waals surface area (Å²) >= 11 is 0. The Balaban J connectivity index is 1.31. The Morgan fingerprint density at radius 2 is 2.07 bits per heavy atom.